The molecule has 1 amide bonds. The van der Waals surface area contributed by atoms with Crippen LogP contribution < -0.4 is 21.7 Å². The standard InChI is InChI=1S/C25H22F3N7O2.C3H9NOS/c26-25(27,28)18-7-8-30-19(12-18)32-23(37)17-5-3-16(4-6-17)20-21-22(29)31-9-11-35(21)24(33-20)34-10-1-2-15(13-34)14-36;1-6(5)3-2-4/h3-9,11-12,14-15H,1-2,10,13H2,(H2,29,31)(H,30,32,37);2-4H2,1H3. The summed E-state index contributed by atoms with van der Waals surface area (Å²) in [7, 11) is -0.691. The first-order chi connectivity index (χ1) is 20.5. The molecule has 0 spiro atoms. The molecule has 4 heterocycles. The molecule has 1 saturated heterocycles. The van der Waals surface area contributed by atoms with Crippen molar-refractivity contribution in [2.75, 3.05) is 47.6 Å². The third-order valence-electron chi connectivity index (χ3n) is 6.65. The van der Waals surface area contributed by atoms with E-state index in [-0.39, 0.29) is 23.1 Å². The van der Waals surface area contributed by atoms with Crippen LogP contribution in [0, 0.1) is 5.92 Å². The van der Waals surface area contributed by atoms with Gasteiger partial charge in [0.05, 0.1) is 5.56 Å². The van der Waals surface area contributed by atoms with Crippen LogP contribution >= 0.6 is 0 Å². The van der Waals surface area contributed by atoms with Crippen LogP contribution in [0.1, 0.15) is 28.8 Å². The van der Waals surface area contributed by atoms with Crippen molar-refractivity contribution in [3.05, 3.63) is 66.1 Å². The number of nitrogens with one attached hydrogen (secondary N) is 1. The van der Waals surface area contributed by atoms with Gasteiger partial charge in [-0.05, 0) is 37.1 Å². The van der Waals surface area contributed by atoms with Crippen molar-refractivity contribution in [1.82, 2.24) is 19.4 Å². The highest BCUT2D eigenvalue weighted by Gasteiger charge is 2.31. The highest BCUT2D eigenvalue weighted by molar-refractivity contribution is 7.84. The number of carbonyl (C=O) groups excluding carboxylic acids is 2. The Morgan fingerprint density at radius 1 is 1.19 bits per heavy atom. The number of aldehydes is 1. The molecule has 0 saturated carbocycles. The summed E-state index contributed by atoms with van der Waals surface area (Å²) in [6.45, 7) is 1.82. The van der Waals surface area contributed by atoms with Crippen LogP contribution in [-0.2, 0) is 21.8 Å². The second-order valence-electron chi connectivity index (χ2n) is 9.80. The first kappa shape index (κ1) is 31.6. The lowest BCUT2D eigenvalue weighted by atomic mass is 10.0. The minimum absolute atomic E-state index is 0.0761. The van der Waals surface area contributed by atoms with Crippen molar-refractivity contribution in [3.63, 3.8) is 0 Å². The Bertz CT molecular complexity index is 1610. The SMILES string of the molecule is CS(=O)CCN.Nc1nccn2c(N3CCCC(C=O)C3)nc(-c3ccc(C(=O)Nc4cc(C(F)(F)F)ccn4)cc3)c12. The van der Waals surface area contributed by atoms with Crippen molar-refractivity contribution in [2.24, 2.45) is 11.7 Å². The molecule has 43 heavy (non-hydrogen) atoms. The summed E-state index contributed by atoms with van der Waals surface area (Å²) in [6.07, 6.45) is 4.08. The molecule has 4 aromatic rings. The molecule has 11 nitrogen and oxygen atoms in total. The lowest BCUT2D eigenvalue weighted by Crippen LogP contribution is -2.37. The van der Waals surface area contributed by atoms with E-state index in [0.717, 1.165) is 44.0 Å². The van der Waals surface area contributed by atoms with Crippen LogP contribution in [0.4, 0.5) is 30.8 Å². The van der Waals surface area contributed by atoms with Crippen molar-refractivity contribution >= 4 is 46.1 Å². The van der Waals surface area contributed by atoms with Gasteiger partial charge in [-0.25, -0.2) is 15.0 Å². The van der Waals surface area contributed by atoms with E-state index in [0.29, 0.717) is 41.6 Å². The second-order valence-corrected chi connectivity index (χ2v) is 11.4. The van der Waals surface area contributed by atoms with E-state index in [9.17, 15) is 27.0 Å². The maximum Gasteiger partial charge on any atom is 0.416 e. The predicted octanol–water partition coefficient (Wildman–Crippen LogP) is 3.38. The molecule has 5 N–H and O–H groups in total. The molecule has 1 fully saturated rings. The van der Waals surface area contributed by atoms with E-state index in [1.54, 1.807) is 42.9 Å². The van der Waals surface area contributed by atoms with Crippen molar-refractivity contribution < 1.29 is 27.0 Å². The molecule has 1 aromatic carbocycles. The number of benzene rings is 1. The second kappa shape index (κ2) is 13.7. The van der Waals surface area contributed by atoms with Crippen LogP contribution in [0.5, 0.6) is 0 Å². The zero-order valence-electron chi connectivity index (χ0n) is 23.3. The molecule has 0 bridgehead atoms. The van der Waals surface area contributed by atoms with Gasteiger partial charge in [0.2, 0.25) is 5.95 Å². The van der Waals surface area contributed by atoms with Crippen LogP contribution in [-0.4, -0.2) is 67.4 Å². The highest BCUT2D eigenvalue weighted by atomic mass is 32.2. The molecule has 5 rings (SSSR count). The molecular weight excluding hydrogens is 585 g/mol. The topological polar surface area (TPSA) is 162 Å². The minimum atomic E-state index is -4.55. The average Bonchev–Trinajstić information content (AvgIpc) is 3.38. The largest absolute Gasteiger partial charge is 0.416 e. The number of nitrogens with zero attached hydrogens (tertiary/aromatic N) is 5. The summed E-state index contributed by atoms with van der Waals surface area (Å²) in [5.41, 5.74) is 12.4. The molecule has 228 valence electrons. The Morgan fingerprint density at radius 3 is 2.56 bits per heavy atom. The molecule has 0 radical (unpaired) electrons. The zero-order valence-corrected chi connectivity index (χ0v) is 24.1. The number of nitrogen functional groups attached to an aromatic ring is 1. The molecule has 3 aromatic heterocycles. The van der Waals surface area contributed by atoms with Gasteiger partial charge in [-0.2, -0.15) is 13.2 Å². The number of halogens is 3. The number of rotatable bonds is 7. The zero-order chi connectivity index (χ0) is 31.1. The van der Waals surface area contributed by atoms with Gasteiger partial charge >= 0.3 is 6.18 Å². The molecule has 15 heteroatoms. The first-order valence-corrected chi connectivity index (χ1v) is 15.0. The first-order valence-electron chi connectivity index (χ1n) is 13.3. The maximum absolute atomic E-state index is 13.0. The van der Waals surface area contributed by atoms with Crippen molar-refractivity contribution in [1.29, 1.82) is 0 Å². The van der Waals surface area contributed by atoms with Crippen LogP contribution in [0.3, 0.4) is 0 Å². The third kappa shape index (κ3) is 7.73. The summed E-state index contributed by atoms with van der Waals surface area (Å²) in [6, 6.07) is 8.04. The van der Waals surface area contributed by atoms with E-state index in [1.165, 1.54) is 0 Å². The fraction of sp³-hybridized carbons (Fsp3) is 0.321. The molecule has 0 aliphatic carbocycles. The van der Waals surface area contributed by atoms with Gasteiger partial charge in [-0.15, -0.1) is 0 Å². The summed E-state index contributed by atoms with van der Waals surface area (Å²) < 4.78 is 50.8. The van der Waals surface area contributed by atoms with Gasteiger partial charge in [-0.1, -0.05) is 12.1 Å². The van der Waals surface area contributed by atoms with Crippen LogP contribution in [0.15, 0.2) is 55.0 Å². The van der Waals surface area contributed by atoms with Crippen LogP contribution in [0.2, 0.25) is 0 Å². The summed E-state index contributed by atoms with van der Waals surface area (Å²) in [4.78, 5) is 38.9. The Labute approximate surface area is 248 Å². The summed E-state index contributed by atoms with van der Waals surface area (Å²) >= 11 is 0. The molecule has 1 aliphatic heterocycles. The van der Waals surface area contributed by atoms with Crippen LogP contribution in [0.25, 0.3) is 16.8 Å². The maximum atomic E-state index is 13.0. The summed E-state index contributed by atoms with van der Waals surface area (Å²) in [5, 5.41) is 2.39. The number of fused-ring (bicyclic) bond motifs is 1. The van der Waals surface area contributed by atoms with Crippen molar-refractivity contribution in [2.45, 2.75) is 19.0 Å². The lowest BCUT2D eigenvalue weighted by molar-refractivity contribution is -0.137. The van der Waals surface area contributed by atoms with E-state index in [2.05, 4.69) is 15.3 Å². The predicted molar refractivity (Wildman–Crippen MR) is 159 cm³/mol. The van der Waals surface area contributed by atoms with Gasteiger partial charge in [0.25, 0.3) is 5.91 Å². The number of amides is 1. The number of aromatic nitrogens is 4. The lowest BCUT2D eigenvalue weighted by Gasteiger charge is -2.30. The molecule has 1 aliphatic rings. The van der Waals surface area contributed by atoms with Crippen molar-refractivity contribution in [3.8, 4) is 11.3 Å². The summed E-state index contributed by atoms with van der Waals surface area (Å²) in [5.74, 6) is 0.652. The number of nitrogens with two attached hydrogens (primary N) is 2. The normalized spacial score (nSPS) is 15.8. The van der Waals surface area contributed by atoms with Gasteiger partial charge < -0.3 is 26.5 Å². The van der Waals surface area contributed by atoms with Gasteiger partial charge in [0.1, 0.15) is 29.1 Å². The molecular formula is C28H31F3N8O3S. The number of hydrogen-bond acceptors (Lipinski definition) is 9. The fourth-order valence-corrected chi connectivity index (χ4v) is 4.92. The highest BCUT2D eigenvalue weighted by Crippen LogP contribution is 2.33. The number of piperidine rings is 1. The number of hydrogen-bond donors (Lipinski definition) is 3. The van der Waals surface area contributed by atoms with E-state index >= 15 is 0 Å². The number of imidazole rings is 1. The molecule has 2 atom stereocenters. The Kier molecular flexibility index (Phi) is 10.1. The van der Waals surface area contributed by atoms with Gasteiger partial charge in [-0.3, -0.25) is 13.4 Å². The quantitative estimate of drug-likeness (QED) is 0.264. The fourth-order valence-electron chi connectivity index (χ4n) is 4.58. The number of pyridine rings is 1. The Morgan fingerprint density at radius 2 is 1.93 bits per heavy atom. The van der Waals surface area contributed by atoms with E-state index in [4.69, 9.17) is 16.5 Å². The van der Waals surface area contributed by atoms with E-state index < -0.39 is 28.4 Å². The monoisotopic (exact) mass is 616 g/mol. The number of alkyl halides is 3. The van der Waals surface area contributed by atoms with Gasteiger partial charge in [0, 0.05) is 78.1 Å². The Balaban J connectivity index is 0.000000641. The third-order valence-corrected chi connectivity index (χ3v) is 7.46. The number of carbonyl (C=O) groups is 2. The van der Waals surface area contributed by atoms with Gasteiger partial charge in [0.15, 0.2) is 0 Å². The van der Waals surface area contributed by atoms with E-state index in [1.807, 2.05) is 9.30 Å². The average molecular weight is 617 g/mol. The minimum Gasteiger partial charge on any atom is -0.382 e. The smallest absolute Gasteiger partial charge is 0.382 e. The Hall–Kier alpha value is -4.37. The molecule has 2 unspecified atom stereocenters. The number of anilines is 3.